The molecule has 0 bridgehead atoms. The number of hydrogen-bond donors (Lipinski definition) is 1. The number of nitrogens with one attached hydrogen (secondary N) is 1. The van der Waals surface area contributed by atoms with E-state index >= 15 is 0 Å². The van der Waals surface area contributed by atoms with E-state index in [1.807, 2.05) is 6.07 Å². The van der Waals surface area contributed by atoms with Crippen LogP contribution in [-0.2, 0) is 4.79 Å². The molecule has 18 heavy (non-hydrogen) atoms. The van der Waals surface area contributed by atoms with E-state index in [0.29, 0.717) is 11.3 Å². The Morgan fingerprint density at radius 3 is 2.94 bits per heavy atom. The molecule has 2 aromatic heterocycles. The van der Waals surface area contributed by atoms with Crippen molar-refractivity contribution in [2.24, 2.45) is 5.92 Å². The second kappa shape index (κ2) is 3.94. The van der Waals surface area contributed by atoms with Crippen molar-refractivity contribution in [2.45, 2.75) is 19.8 Å². The normalized spacial score (nSPS) is 14.7. The van der Waals surface area contributed by atoms with Gasteiger partial charge in [-0.05, 0) is 31.9 Å². The molecule has 0 spiro atoms. The zero-order valence-corrected chi connectivity index (χ0v) is 10.0. The Labute approximate surface area is 103 Å². The third-order valence-electron chi connectivity index (χ3n) is 3.11. The van der Waals surface area contributed by atoms with Crippen molar-refractivity contribution in [1.29, 1.82) is 0 Å². The molecule has 5 heteroatoms. The fourth-order valence-corrected chi connectivity index (χ4v) is 1.91. The number of carbonyl (C=O) groups excluding carboxylic acids is 1. The van der Waals surface area contributed by atoms with Crippen LogP contribution in [0.5, 0.6) is 0 Å². The third-order valence-corrected chi connectivity index (χ3v) is 3.11. The largest absolute Gasteiger partial charge is 0.320 e. The van der Waals surface area contributed by atoms with Crippen LogP contribution in [0.15, 0.2) is 29.2 Å². The van der Waals surface area contributed by atoms with E-state index in [4.69, 9.17) is 0 Å². The zero-order chi connectivity index (χ0) is 12.7. The van der Waals surface area contributed by atoms with Gasteiger partial charge in [-0.1, -0.05) is 6.07 Å². The average molecular weight is 243 g/mol. The van der Waals surface area contributed by atoms with Crippen molar-refractivity contribution in [3.05, 3.63) is 40.4 Å². The van der Waals surface area contributed by atoms with Gasteiger partial charge in [0.25, 0.3) is 5.56 Å². The first-order chi connectivity index (χ1) is 8.66. The predicted molar refractivity (Wildman–Crippen MR) is 67.6 cm³/mol. The molecule has 1 aliphatic carbocycles. The number of amides is 1. The standard InChI is InChI=1S/C13H13N3O2/c1-8-11(15-12(17)9-5-6-9)13(18)16-7-3-2-4-10(16)14-8/h2-4,7,9H,5-6H2,1H3,(H,15,17). The lowest BCUT2D eigenvalue weighted by Gasteiger charge is -2.08. The highest BCUT2D eigenvalue weighted by molar-refractivity contribution is 5.94. The number of rotatable bonds is 2. The number of carbonyl (C=O) groups is 1. The maximum absolute atomic E-state index is 12.2. The lowest BCUT2D eigenvalue weighted by Crippen LogP contribution is -2.25. The molecule has 1 aliphatic rings. The molecule has 0 saturated heterocycles. The van der Waals surface area contributed by atoms with Crippen molar-refractivity contribution in [2.75, 3.05) is 5.32 Å². The minimum absolute atomic E-state index is 0.0697. The van der Waals surface area contributed by atoms with Gasteiger partial charge in [0, 0.05) is 12.1 Å². The average Bonchev–Trinajstić information content (AvgIpc) is 3.18. The second-order valence-electron chi connectivity index (χ2n) is 4.57. The quantitative estimate of drug-likeness (QED) is 0.866. The van der Waals surface area contributed by atoms with E-state index < -0.39 is 0 Å². The summed E-state index contributed by atoms with van der Waals surface area (Å²) in [7, 11) is 0. The van der Waals surface area contributed by atoms with E-state index in [1.54, 1.807) is 25.3 Å². The van der Waals surface area contributed by atoms with Gasteiger partial charge in [0.15, 0.2) is 0 Å². The van der Waals surface area contributed by atoms with E-state index in [9.17, 15) is 9.59 Å². The summed E-state index contributed by atoms with van der Waals surface area (Å²) in [5.74, 6) is -0.00634. The molecule has 1 amide bonds. The van der Waals surface area contributed by atoms with Gasteiger partial charge in [-0.25, -0.2) is 4.98 Å². The fraction of sp³-hybridized carbons (Fsp3) is 0.308. The summed E-state index contributed by atoms with van der Waals surface area (Å²) in [4.78, 5) is 28.3. The van der Waals surface area contributed by atoms with Crippen LogP contribution < -0.4 is 10.9 Å². The van der Waals surface area contributed by atoms with Gasteiger partial charge in [-0.2, -0.15) is 0 Å². The molecule has 1 fully saturated rings. The number of fused-ring (bicyclic) bond motifs is 1. The molecular weight excluding hydrogens is 230 g/mol. The Hall–Kier alpha value is -2.17. The summed E-state index contributed by atoms with van der Waals surface area (Å²) in [5.41, 5.74) is 1.20. The zero-order valence-electron chi connectivity index (χ0n) is 10.0. The van der Waals surface area contributed by atoms with E-state index in [1.165, 1.54) is 4.40 Å². The summed E-state index contributed by atoms with van der Waals surface area (Å²) in [5, 5.41) is 2.70. The lowest BCUT2D eigenvalue weighted by molar-refractivity contribution is -0.117. The Balaban J connectivity index is 2.10. The van der Waals surface area contributed by atoms with E-state index in [-0.39, 0.29) is 23.1 Å². The third kappa shape index (κ3) is 1.77. The Morgan fingerprint density at radius 2 is 2.22 bits per heavy atom. The smallest absolute Gasteiger partial charge is 0.281 e. The summed E-state index contributed by atoms with van der Waals surface area (Å²) in [6.45, 7) is 1.73. The van der Waals surface area contributed by atoms with Crippen LogP contribution >= 0.6 is 0 Å². The van der Waals surface area contributed by atoms with Crippen LogP contribution in [0, 0.1) is 12.8 Å². The molecule has 0 radical (unpaired) electrons. The molecule has 1 saturated carbocycles. The van der Waals surface area contributed by atoms with Crippen LogP contribution in [0.3, 0.4) is 0 Å². The summed E-state index contributed by atoms with van der Waals surface area (Å²) < 4.78 is 1.44. The topological polar surface area (TPSA) is 63.5 Å². The SMILES string of the molecule is Cc1nc2ccccn2c(=O)c1NC(=O)C1CC1. The molecule has 1 N–H and O–H groups in total. The van der Waals surface area contributed by atoms with Crippen molar-refractivity contribution in [3.63, 3.8) is 0 Å². The van der Waals surface area contributed by atoms with Crippen molar-refractivity contribution < 1.29 is 4.79 Å². The number of aryl methyl sites for hydroxylation is 1. The lowest BCUT2D eigenvalue weighted by atomic mass is 10.3. The summed E-state index contributed by atoms with van der Waals surface area (Å²) in [6.07, 6.45) is 3.47. The van der Waals surface area contributed by atoms with Gasteiger partial charge in [0.1, 0.15) is 11.3 Å². The Kier molecular flexibility index (Phi) is 2.40. The van der Waals surface area contributed by atoms with Gasteiger partial charge >= 0.3 is 0 Å². The summed E-state index contributed by atoms with van der Waals surface area (Å²) >= 11 is 0. The van der Waals surface area contributed by atoms with Crippen molar-refractivity contribution in [3.8, 4) is 0 Å². The number of anilines is 1. The predicted octanol–water partition coefficient (Wildman–Crippen LogP) is 1.35. The molecule has 2 heterocycles. The molecule has 0 atom stereocenters. The molecule has 3 rings (SSSR count). The first-order valence-electron chi connectivity index (χ1n) is 5.95. The minimum atomic E-state index is -0.230. The number of hydrogen-bond acceptors (Lipinski definition) is 3. The van der Waals surface area contributed by atoms with Crippen LogP contribution in [0.2, 0.25) is 0 Å². The monoisotopic (exact) mass is 243 g/mol. The van der Waals surface area contributed by atoms with Crippen LogP contribution in [0.4, 0.5) is 5.69 Å². The number of aromatic nitrogens is 2. The van der Waals surface area contributed by atoms with Crippen molar-refractivity contribution in [1.82, 2.24) is 9.38 Å². The van der Waals surface area contributed by atoms with Crippen LogP contribution in [-0.4, -0.2) is 15.3 Å². The molecule has 92 valence electrons. The molecular formula is C13H13N3O2. The van der Waals surface area contributed by atoms with Crippen LogP contribution in [0.1, 0.15) is 18.5 Å². The number of nitrogens with zero attached hydrogens (tertiary/aromatic N) is 2. The van der Waals surface area contributed by atoms with Crippen molar-refractivity contribution >= 4 is 17.2 Å². The highest BCUT2D eigenvalue weighted by atomic mass is 16.2. The highest BCUT2D eigenvalue weighted by Crippen LogP contribution is 2.30. The maximum atomic E-state index is 12.2. The molecule has 0 aliphatic heterocycles. The molecule has 5 nitrogen and oxygen atoms in total. The molecule has 0 aromatic carbocycles. The minimum Gasteiger partial charge on any atom is -0.320 e. The fourth-order valence-electron chi connectivity index (χ4n) is 1.91. The van der Waals surface area contributed by atoms with Crippen LogP contribution in [0.25, 0.3) is 5.65 Å². The van der Waals surface area contributed by atoms with Gasteiger partial charge in [-0.15, -0.1) is 0 Å². The Morgan fingerprint density at radius 1 is 1.44 bits per heavy atom. The number of pyridine rings is 1. The first-order valence-corrected chi connectivity index (χ1v) is 5.95. The van der Waals surface area contributed by atoms with E-state index in [2.05, 4.69) is 10.3 Å². The molecule has 2 aromatic rings. The van der Waals surface area contributed by atoms with Gasteiger partial charge in [-0.3, -0.25) is 14.0 Å². The Bertz CT molecular complexity index is 686. The van der Waals surface area contributed by atoms with Gasteiger partial charge in [0.05, 0.1) is 5.69 Å². The second-order valence-corrected chi connectivity index (χ2v) is 4.57. The first kappa shape index (κ1) is 11.0. The van der Waals surface area contributed by atoms with Gasteiger partial charge in [0.2, 0.25) is 5.91 Å². The molecule has 0 unspecified atom stereocenters. The van der Waals surface area contributed by atoms with Gasteiger partial charge < -0.3 is 5.32 Å². The highest BCUT2D eigenvalue weighted by Gasteiger charge is 2.30. The van der Waals surface area contributed by atoms with E-state index in [0.717, 1.165) is 12.8 Å². The maximum Gasteiger partial charge on any atom is 0.281 e. The summed E-state index contributed by atoms with van der Waals surface area (Å²) in [6, 6.07) is 5.35.